The molecular weight excluding hydrogens is 282 g/mol. The molecule has 0 bridgehead atoms. The van der Waals surface area contributed by atoms with Crippen molar-refractivity contribution in [2.75, 3.05) is 18.0 Å². The number of pyridine rings is 1. The predicted molar refractivity (Wildman–Crippen MR) is 71.3 cm³/mol. The Kier molecular flexibility index (Phi) is 3.74. The number of hydrogen-bond acceptors (Lipinski definition) is 3. The van der Waals surface area contributed by atoms with Crippen LogP contribution in [0.3, 0.4) is 0 Å². The maximum absolute atomic E-state index is 10.0. The highest BCUT2D eigenvalue weighted by molar-refractivity contribution is 6.42. The van der Waals surface area contributed by atoms with Gasteiger partial charge in [0.25, 0.3) is 0 Å². The summed E-state index contributed by atoms with van der Waals surface area (Å²) >= 11 is 17.8. The van der Waals surface area contributed by atoms with Crippen LogP contribution in [-0.4, -0.2) is 28.8 Å². The van der Waals surface area contributed by atoms with E-state index in [1.54, 1.807) is 6.07 Å². The van der Waals surface area contributed by atoms with Crippen LogP contribution in [0.15, 0.2) is 6.07 Å². The van der Waals surface area contributed by atoms with E-state index in [-0.39, 0.29) is 5.15 Å². The summed E-state index contributed by atoms with van der Waals surface area (Å²) in [7, 11) is 0. The fourth-order valence-electron chi connectivity index (χ4n) is 2.06. The molecule has 1 saturated heterocycles. The maximum Gasteiger partial charge on any atom is 0.150 e. The first kappa shape index (κ1) is 13.2. The number of rotatable bonds is 1. The molecule has 2 rings (SSSR count). The number of halogens is 3. The van der Waals surface area contributed by atoms with Crippen LogP contribution in [0.4, 0.5) is 5.82 Å². The first-order valence-electron chi connectivity index (χ1n) is 5.38. The standard InChI is InChI=1S/C11H13Cl3N2O/c1-11(17)3-2-4-16(6-11)10-8(13)5-7(12)9(14)15-10/h5,17H,2-4,6H2,1H3. The molecule has 1 atom stereocenters. The summed E-state index contributed by atoms with van der Waals surface area (Å²) in [6, 6.07) is 1.58. The van der Waals surface area contributed by atoms with E-state index in [2.05, 4.69) is 4.98 Å². The highest BCUT2D eigenvalue weighted by Gasteiger charge is 2.30. The van der Waals surface area contributed by atoms with Gasteiger partial charge in [0.05, 0.1) is 15.6 Å². The molecule has 1 aromatic rings. The molecule has 2 heterocycles. The second kappa shape index (κ2) is 4.81. The monoisotopic (exact) mass is 294 g/mol. The second-order valence-corrected chi connectivity index (χ2v) is 5.76. The van der Waals surface area contributed by atoms with Gasteiger partial charge in [0.15, 0.2) is 0 Å². The SMILES string of the molecule is CC1(O)CCCN(c2nc(Cl)c(Cl)cc2Cl)C1. The van der Waals surface area contributed by atoms with Crippen molar-refractivity contribution in [1.82, 2.24) is 4.98 Å². The molecule has 1 aromatic heterocycles. The highest BCUT2D eigenvalue weighted by atomic mass is 35.5. The summed E-state index contributed by atoms with van der Waals surface area (Å²) in [6.07, 6.45) is 1.67. The zero-order valence-electron chi connectivity index (χ0n) is 9.38. The van der Waals surface area contributed by atoms with E-state index in [0.29, 0.717) is 22.4 Å². The van der Waals surface area contributed by atoms with Crippen molar-refractivity contribution in [3.8, 4) is 0 Å². The van der Waals surface area contributed by atoms with Crippen molar-refractivity contribution in [1.29, 1.82) is 0 Å². The van der Waals surface area contributed by atoms with Crippen molar-refractivity contribution >= 4 is 40.6 Å². The predicted octanol–water partition coefficient (Wildman–Crippen LogP) is 3.39. The van der Waals surface area contributed by atoms with Gasteiger partial charge in [0.1, 0.15) is 11.0 Å². The van der Waals surface area contributed by atoms with Gasteiger partial charge in [-0.05, 0) is 25.8 Å². The van der Waals surface area contributed by atoms with E-state index in [1.807, 2.05) is 11.8 Å². The van der Waals surface area contributed by atoms with E-state index < -0.39 is 5.60 Å². The number of aliphatic hydroxyl groups is 1. The number of aromatic nitrogens is 1. The third kappa shape index (κ3) is 2.97. The summed E-state index contributed by atoms with van der Waals surface area (Å²) in [5.41, 5.74) is -0.713. The largest absolute Gasteiger partial charge is 0.388 e. The number of β-amino-alcohol motifs (C(OH)–C–C–N with tert-alkyl or cyclic N) is 1. The lowest BCUT2D eigenvalue weighted by Gasteiger charge is -2.37. The van der Waals surface area contributed by atoms with Crippen LogP contribution in [-0.2, 0) is 0 Å². The van der Waals surface area contributed by atoms with Gasteiger partial charge in [0, 0.05) is 13.1 Å². The average Bonchev–Trinajstić information content (AvgIpc) is 2.22. The third-order valence-electron chi connectivity index (χ3n) is 2.84. The number of hydrogen-bond donors (Lipinski definition) is 1. The van der Waals surface area contributed by atoms with Crippen LogP contribution < -0.4 is 4.90 Å². The van der Waals surface area contributed by atoms with Gasteiger partial charge in [0.2, 0.25) is 0 Å². The summed E-state index contributed by atoms with van der Waals surface area (Å²) in [5.74, 6) is 0.584. The quantitative estimate of drug-likeness (QED) is 0.807. The van der Waals surface area contributed by atoms with E-state index in [9.17, 15) is 5.11 Å². The molecule has 17 heavy (non-hydrogen) atoms. The zero-order chi connectivity index (χ0) is 12.6. The Morgan fingerprint density at radius 3 is 2.71 bits per heavy atom. The molecule has 1 unspecified atom stereocenters. The fraction of sp³-hybridized carbons (Fsp3) is 0.545. The van der Waals surface area contributed by atoms with Crippen LogP contribution in [0, 0.1) is 0 Å². The Labute approximate surface area is 115 Å². The van der Waals surface area contributed by atoms with Crippen molar-refractivity contribution in [2.45, 2.75) is 25.4 Å². The van der Waals surface area contributed by atoms with Crippen LogP contribution in [0.2, 0.25) is 15.2 Å². The van der Waals surface area contributed by atoms with E-state index >= 15 is 0 Å². The Bertz CT molecular complexity index is 437. The molecule has 0 saturated carbocycles. The molecule has 0 aliphatic carbocycles. The Hall–Kier alpha value is -0.220. The molecular formula is C11H13Cl3N2O. The molecule has 1 N–H and O–H groups in total. The molecule has 94 valence electrons. The van der Waals surface area contributed by atoms with E-state index in [1.165, 1.54) is 0 Å². The highest BCUT2D eigenvalue weighted by Crippen LogP contribution is 2.33. The summed E-state index contributed by atoms with van der Waals surface area (Å²) in [4.78, 5) is 6.12. The molecule has 0 aromatic carbocycles. The van der Waals surface area contributed by atoms with Crippen molar-refractivity contribution in [3.63, 3.8) is 0 Å². The Morgan fingerprint density at radius 2 is 2.06 bits per heavy atom. The van der Waals surface area contributed by atoms with Gasteiger partial charge < -0.3 is 10.0 Å². The van der Waals surface area contributed by atoms with Crippen molar-refractivity contribution in [3.05, 3.63) is 21.3 Å². The molecule has 6 heteroatoms. The van der Waals surface area contributed by atoms with Crippen LogP contribution in [0.5, 0.6) is 0 Å². The average molecular weight is 296 g/mol. The molecule has 0 amide bonds. The number of piperidine rings is 1. The minimum atomic E-state index is -0.713. The molecule has 3 nitrogen and oxygen atoms in total. The normalized spacial score (nSPS) is 25.1. The zero-order valence-corrected chi connectivity index (χ0v) is 11.6. The van der Waals surface area contributed by atoms with Gasteiger partial charge in [-0.3, -0.25) is 0 Å². The fourth-order valence-corrected chi connectivity index (χ4v) is 2.67. The first-order chi connectivity index (χ1) is 7.89. The van der Waals surface area contributed by atoms with Crippen LogP contribution >= 0.6 is 34.8 Å². The van der Waals surface area contributed by atoms with Gasteiger partial charge in [-0.1, -0.05) is 34.8 Å². The van der Waals surface area contributed by atoms with Gasteiger partial charge in [-0.2, -0.15) is 0 Å². The van der Waals surface area contributed by atoms with E-state index in [4.69, 9.17) is 34.8 Å². The summed E-state index contributed by atoms with van der Waals surface area (Å²) in [6.45, 7) is 3.11. The molecule has 0 spiro atoms. The molecule has 0 radical (unpaired) electrons. The molecule has 1 aliphatic rings. The Balaban J connectivity index is 2.31. The van der Waals surface area contributed by atoms with Crippen molar-refractivity contribution in [2.24, 2.45) is 0 Å². The van der Waals surface area contributed by atoms with Gasteiger partial charge >= 0.3 is 0 Å². The molecule has 1 fully saturated rings. The lowest BCUT2D eigenvalue weighted by molar-refractivity contribution is 0.0447. The first-order valence-corrected chi connectivity index (χ1v) is 6.51. The lowest BCUT2D eigenvalue weighted by Crippen LogP contribution is -2.46. The van der Waals surface area contributed by atoms with Crippen LogP contribution in [0.25, 0.3) is 0 Å². The van der Waals surface area contributed by atoms with E-state index in [0.717, 1.165) is 19.4 Å². The minimum Gasteiger partial charge on any atom is -0.388 e. The smallest absolute Gasteiger partial charge is 0.150 e. The number of nitrogens with zero attached hydrogens (tertiary/aromatic N) is 2. The second-order valence-electron chi connectivity index (χ2n) is 4.59. The van der Waals surface area contributed by atoms with Gasteiger partial charge in [-0.15, -0.1) is 0 Å². The molecule has 1 aliphatic heterocycles. The topological polar surface area (TPSA) is 36.4 Å². The Morgan fingerprint density at radius 1 is 1.35 bits per heavy atom. The maximum atomic E-state index is 10.0. The van der Waals surface area contributed by atoms with Gasteiger partial charge in [-0.25, -0.2) is 4.98 Å². The third-order valence-corrected chi connectivity index (χ3v) is 3.79. The number of anilines is 1. The summed E-state index contributed by atoms with van der Waals surface area (Å²) in [5, 5.41) is 11.1. The minimum absolute atomic E-state index is 0.233. The lowest BCUT2D eigenvalue weighted by atomic mass is 9.95. The summed E-state index contributed by atoms with van der Waals surface area (Å²) < 4.78 is 0. The van der Waals surface area contributed by atoms with Crippen LogP contribution in [0.1, 0.15) is 19.8 Å². The van der Waals surface area contributed by atoms with Crippen molar-refractivity contribution < 1.29 is 5.11 Å².